The molecular formula is C59H51N6O5S+. The van der Waals surface area contributed by atoms with Crippen molar-refractivity contribution >= 4 is 45.7 Å². The lowest BCUT2D eigenvalue weighted by Crippen LogP contribution is -2.72. The summed E-state index contributed by atoms with van der Waals surface area (Å²) in [6, 6.07) is 59.6. The van der Waals surface area contributed by atoms with E-state index in [2.05, 4.69) is 52.2 Å². The van der Waals surface area contributed by atoms with Crippen LogP contribution in [0.15, 0.2) is 217 Å². The van der Waals surface area contributed by atoms with Gasteiger partial charge in [0.25, 0.3) is 11.8 Å². The number of carbonyl (C=O) groups is 3. The highest BCUT2D eigenvalue weighted by atomic mass is 32.1. The van der Waals surface area contributed by atoms with Crippen LogP contribution in [0.2, 0.25) is 0 Å². The van der Waals surface area contributed by atoms with Crippen LogP contribution in [-0.4, -0.2) is 45.5 Å². The average Bonchev–Trinajstić information content (AvgIpc) is 3.89. The number of carbonyl (C=O) groups excluding carboxylic acids is 3. The number of hydrogen-bond donors (Lipinski definition) is 2. The highest BCUT2D eigenvalue weighted by Gasteiger charge is 2.56. The first-order chi connectivity index (χ1) is 34.8. The Morgan fingerprint density at radius 2 is 1.28 bits per heavy atom. The summed E-state index contributed by atoms with van der Waals surface area (Å²) in [5.74, 6) is -1.75. The van der Waals surface area contributed by atoms with Crippen molar-refractivity contribution in [1.82, 2.24) is 15.2 Å². The molecule has 71 heavy (non-hydrogen) atoms. The van der Waals surface area contributed by atoms with Gasteiger partial charge in [-0.2, -0.15) is 4.57 Å². The number of pyridine rings is 1. The van der Waals surface area contributed by atoms with E-state index in [1.165, 1.54) is 16.2 Å². The van der Waals surface area contributed by atoms with Crippen LogP contribution in [0.5, 0.6) is 0 Å². The Hall–Kier alpha value is -8.48. The molecule has 0 aliphatic carbocycles. The molecule has 12 heteroatoms. The number of fused-ring (bicyclic) bond motifs is 1. The van der Waals surface area contributed by atoms with Crippen molar-refractivity contribution in [1.29, 1.82) is 0 Å². The second-order valence-corrected chi connectivity index (χ2v) is 18.5. The number of amides is 2. The van der Waals surface area contributed by atoms with Crippen molar-refractivity contribution < 1.29 is 28.5 Å². The van der Waals surface area contributed by atoms with Crippen LogP contribution < -0.4 is 15.2 Å². The van der Waals surface area contributed by atoms with E-state index in [0.29, 0.717) is 23.7 Å². The Kier molecular flexibility index (Phi) is 13.4. The number of aromatic nitrogens is 2. The lowest BCUT2D eigenvalue weighted by molar-refractivity contribution is -0.585. The normalized spacial score (nSPS) is 15.7. The molecule has 2 aliphatic heterocycles. The molecule has 11 nitrogen and oxygen atoms in total. The Balaban J connectivity index is 0.973. The fraction of sp³-hybridized carbons (Fsp3) is 0.153. The van der Waals surface area contributed by atoms with E-state index in [0.717, 1.165) is 44.5 Å². The summed E-state index contributed by atoms with van der Waals surface area (Å²) >= 11 is 1.32. The summed E-state index contributed by atoms with van der Waals surface area (Å²) in [4.78, 5) is 56.6. The van der Waals surface area contributed by atoms with E-state index < -0.39 is 41.5 Å². The highest BCUT2D eigenvalue weighted by Crippen LogP contribution is 2.42. The fourth-order valence-electron chi connectivity index (χ4n) is 9.42. The van der Waals surface area contributed by atoms with Gasteiger partial charge in [-0.3, -0.25) is 14.5 Å². The monoisotopic (exact) mass is 955 g/mol. The van der Waals surface area contributed by atoms with Crippen LogP contribution in [0.25, 0.3) is 5.70 Å². The SMILES string of the molecule is Cc1cc[n+](C2=C(C(=O)OC(c3ccccc3)c3ccccc3)N3C(=O)[C@H](NC(=O)C(=NOCc4ccccc4)c4csc(NC(c5ccccc5)(c5ccccc5)c5ccccc5)n4)C3CC2)cc1C. The molecule has 0 saturated carbocycles. The van der Waals surface area contributed by atoms with Crippen LogP contribution in [0.4, 0.5) is 5.13 Å². The van der Waals surface area contributed by atoms with Gasteiger partial charge in [0.05, 0.1) is 6.04 Å². The molecule has 2 aromatic heterocycles. The van der Waals surface area contributed by atoms with Gasteiger partial charge in [0.15, 0.2) is 35.0 Å². The van der Waals surface area contributed by atoms with Gasteiger partial charge in [0.1, 0.15) is 23.9 Å². The number of nitrogens with zero attached hydrogens (tertiary/aromatic N) is 4. The third-order valence-corrected chi connectivity index (χ3v) is 13.9. The number of rotatable bonds is 16. The third kappa shape index (κ3) is 9.49. The molecule has 2 N–H and O–H groups in total. The van der Waals surface area contributed by atoms with Crippen LogP contribution >= 0.6 is 11.3 Å². The number of ether oxygens (including phenoxy) is 1. The van der Waals surface area contributed by atoms with E-state index in [-0.39, 0.29) is 23.7 Å². The van der Waals surface area contributed by atoms with E-state index >= 15 is 0 Å². The van der Waals surface area contributed by atoms with Gasteiger partial charge in [0, 0.05) is 23.4 Å². The van der Waals surface area contributed by atoms with Crippen LogP contribution in [0.1, 0.15) is 69.1 Å². The summed E-state index contributed by atoms with van der Waals surface area (Å²) in [6.45, 7) is 4.12. The number of nitrogens with one attached hydrogen (secondary N) is 2. The van der Waals surface area contributed by atoms with Crippen molar-refractivity contribution in [3.05, 3.63) is 262 Å². The molecule has 2 atom stereocenters. The molecule has 352 valence electrons. The summed E-state index contributed by atoms with van der Waals surface area (Å²) < 4.78 is 8.35. The van der Waals surface area contributed by atoms with Crippen LogP contribution in [-0.2, 0) is 36.1 Å². The molecule has 2 aliphatic rings. The number of benzene rings is 6. The van der Waals surface area contributed by atoms with E-state index in [1.807, 2.05) is 182 Å². The number of thiazole rings is 1. The van der Waals surface area contributed by atoms with Gasteiger partial charge in [-0.05, 0) is 59.2 Å². The molecule has 4 heterocycles. The average molecular weight is 956 g/mol. The van der Waals surface area contributed by atoms with E-state index in [9.17, 15) is 14.4 Å². The number of aryl methyl sites for hydroxylation is 2. The zero-order chi connectivity index (χ0) is 48.7. The van der Waals surface area contributed by atoms with Gasteiger partial charge in [-0.1, -0.05) is 187 Å². The second-order valence-electron chi connectivity index (χ2n) is 17.6. The molecule has 8 aromatic rings. The number of oxime groups is 1. The van der Waals surface area contributed by atoms with E-state index in [4.69, 9.17) is 14.6 Å². The maximum atomic E-state index is 14.8. The minimum absolute atomic E-state index is 0.0902. The standard InChI is InChI=1S/C59H50N6O5S/c1-40-35-36-64(37-41(40)2)50-34-33-49-52(56(67)65(49)53(50)57(68)70-54(43-23-11-4-12-24-43)44-25-13-5-14-26-44)61-55(66)51(63-69-38-42-21-9-3-10-22-42)48-39-71-58(60-48)62-59(45-27-15-6-16-28-45,46-29-17-7-18-30-46)47-31-19-8-20-32-47/h3-32,35-37,39,49,52,54H,33-34,38H2,1-2H3,(H-,60,61,62,66)/p+1/t49?,52-/m1/s1. The zero-order valence-corrected chi connectivity index (χ0v) is 40.0. The molecule has 10 rings (SSSR count). The molecule has 0 radical (unpaired) electrons. The van der Waals surface area contributed by atoms with Crippen molar-refractivity contribution in [3.8, 4) is 0 Å². The predicted octanol–water partition coefficient (Wildman–Crippen LogP) is 10.1. The summed E-state index contributed by atoms with van der Waals surface area (Å²) in [5, 5.41) is 13.5. The lowest BCUT2D eigenvalue weighted by Gasteiger charge is -2.49. The summed E-state index contributed by atoms with van der Waals surface area (Å²) in [6.07, 6.45) is 4.01. The van der Waals surface area contributed by atoms with Gasteiger partial charge < -0.3 is 20.2 Å². The lowest BCUT2D eigenvalue weighted by atomic mass is 9.77. The first-order valence-corrected chi connectivity index (χ1v) is 24.5. The van der Waals surface area contributed by atoms with Crippen LogP contribution in [0, 0.1) is 13.8 Å². The fourth-order valence-corrected chi connectivity index (χ4v) is 10.2. The Bertz CT molecular complexity index is 3090. The van der Waals surface area contributed by atoms with Gasteiger partial charge in [-0.25, -0.2) is 9.78 Å². The maximum Gasteiger partial charge on any atom is 0.362 e. The smallest absolute Gasteiger partial charge is 0.362 e. The Labute approximate surface area is 416 Å². The van der Waals surface area contributed by atoms with Gasteiger partial charge in [0.2, 0.25) is 5.70 Å². The minimum atomic E-state index is -0.979. The topological polar surface area (TPSA) is 126 Å². The number of hydrogen-bond acceptors (Lipinski definition) is 9. The molecule has 2 amide bonds. The zero-order valence-electron chi connectivity index (χ0n) is 39.2. The predicted molar refractivity (Wildman–Crippen MR) is 275 cm³/mol. The third-order valence-electron chi connectivity index (χ3n) is 13.2. The maximum absolute atomic E-state index is 14.8. The molecule has 0 spiro atoms. The van der Waals surface area contributed by atoms with E-state index in [1.54, 1.807) is 5.38 Å². The van der Waals surface area contributed by atoms with Crippen LogP contribution in [0.3, 0.4) is 0 Å². The van der Waals surface area contributed by atoms with Gasteiger partial charge >= 0.3 is 5.97 Å². The van der Waals surface area contributed by atoms with Crippen molar-refractivity contribution in [3.63, 3.8) is 0 Å². The first kappa shape index (κ1) is 46.3. The minimum Gasteiger partial charge on any atom is -0.448 e. The largest absolute Gasteiger partial charge is 0.448 e. The number of β-lactam (4-membered cyclic amide) rings is 1. The first-order valence-electron chi connectivity index (χ1n) is 23.6. The molecule has 1 fully saturated rings. The molecule has 1 unspecified atom stereocenters. The number of allylic oxidation sites excluding steroid dienone is 1. The number of anilines is 1. The molecule has 1 saturated heterocycles. The van der Waals surface area contributed by atoms with Crippen molar-refractivity contribution in [2.45, 2.75) is 57.0 Å². The summed E-state index contributed by atoms with van der Waals surface area (Å²) in [7, 11) is 0. The Morgan fingerprint density at radius 3 is 1.83 bits per heavy atom. The van der Waals surface area contributed by atoms with Crippen molar-refractivity contribution in [2.24, 2.45) is 5.16 Å². The highest BCUT2D eigenvalue weighted by molar-refractivity contribution is 7.14. The second kappa shape index (κ2) is 20.6. The quantitative estimate of drug-likeness (QED) is 0.0247. The molecule has 6 aromatic carbocycles. The summed E-state index contributed by atoms with van der Waals surface area (Å²) in [5.41, 5.74) is 7.53. The van der Waals surface area contributed by atoms with Gasteiger partial charge in [-0.15, -0.1) is 11.3 Å². The molecule has 0 bridgehead atoms. The number of esters is 1. The Morgan fingerprint density at radius 1 is 0.746 bits per heavy atom. The van der Waals surface area contributed by atoms with Crippen molar-refractivity contribution in [2.75, 3.05) is 5.32 Å². The molecular weight excluding hydrogens is 905 g/mol.